The summed E-state index contributed by atoms with van der Waals surface area (Å²) in [6.07, 6.45) is 0. The molecule has 0 unspecified atom stereocenters. The van der Waals surface area contributed by atoms with E-state index in [2.05, 4.69) is 10.0 Å². The van der Waals surface area contributed by atoms with Gasteiger partial charge in [0.1, 0.15) is 0 Å². The van der Waals surface area contributed by atoms with Crippen molar-refractivity contribution < 1.29 is 13.2 Å². The third-order valence-electron chi connectivity index (χ3n) is 4.63. The van der Waals surface area contributed by atoms with Gasteiger partial charge in [-0.15, -0.1) is 0 Å². The predicted molar refractivity (Wildman–Crippen MR) is 122 cm³/mol. The van der Waals surface area contributed by atoms with Crippen LogP contribution in [-0.2, 0) is 10.0 Å². The molecule has 3 rings (SSSR count). The van der Waals surface area contributed by atoms with Crippen LogP contribution in [0.25, 0.3) is 0 Å². The van der Waals surface area contributed by atoms with Crippen LogP contribution in [-0.4, -0.2) is 14.3 Å². The number of benzene rings is 3. The zero-order chi connectivity index (χ0) is 21.9. The van der Waals surface area contributed by atoms with Crippen molar-refractivity contribution in [3.05, 3.63) is 88.4 Å². The van der Waals surface area contributed by atoms with E-state index in [4.69, 9.17) is 11.6 Å². The Kier molecular flexibility index (Phi) is 6.48. The maximum atomic E-state index is 12.7. The third-order valence-corrected chi connectivity index (χ3v) is 6.34. The molecule has 3 aromatic rings. The first-order valence-electron chi connectivity index (χ1n) is 9.46. The maximum absolute atomic E-state index is 12.7. The number of para-hydroxylation sites is 1. The van der Waals surface area contributed by atoms with Crippen molar-refractivity contribution in [2.75, 3.05) is 10.0 Å². The highest BCUT2D eigenvalue weighted by molar-refractivity contribution is 7.92. The van der Waals surface area contributed by atoms with Gasteiger partial charge in [-0.25, -0.2) is 8.42 Å². The number of sulfonamides is 1. The Morgan fingerprint density at radius 1 is 0.967 bits per heavy atom. The summed E-state index contributed by atoms with van der Waals surface area (Å²) in [5, 5.41) is 3.04. The topological polar surface area (TPSA) is 75.3 Å². The fraction of sp³-hybridized carbons (Fsp3) is 0.174. The smallest absolute Gasteiger partial charge is 0.261 e. The predicted octanol–water partition coefficient (Wildman–Crippen LogP) is 5.82. The summed E-state index contributed by atoms with van der Waals surface area (Å²) in [5.74, 6) is -0.114. The third kappa shape index (κ3) is 5.01. The number of carbonyl (C=O) groups is 1. The van der Waals surface area contributed by atoms with Gasteiger partial charge in [0.25, 0.3) is 15.9 Å². The molecule has 2 N–H and O–H groups in total. The molecule has 7 heteroatoms. The second kappa shape index (κ2) is 8.90. The van der Waals surface area contributed by atoms with E-state index < -0.39 is 10.0 Å². The van der Waals surface area contributed by atoms with E-state index in [1.54, 1.807) is 12.1 Å². The van der Waals surface area contributed by atoms with E-state index in [0.29, 0.717) is 0 Å². The fourth-order valence-electron chi connectivity index (χ4n) is 3.00. The molecule has 0 radical (unpaired) electrons. The first-order chi connectivity index (χ1) is 14.2. The second-order valence-corrected chi connectivity index (χ2v) is 9.40. The van der Waals surface area contributed by atoms with Crippen LogP contribution in [0.1, 0.15) is 41.3 Å². The molecule has 0 saturated carbocycles. The molecule has 156 valence electrons. The minimum atomic E-state index is -3.75. The van der Waals surface area contributed by atoms with Gasteiger partial charge < -0.3 is 5.32 Å². The number of carbonyl (C=O) groups excluding carboxylic acids is 1. The van der Waals surface area contributed by atoms with Crippen molar-refractivity contribution in [1.82, 2.24) is 0 Å². The molecule has 3 aromatic carbocycles. The molecule has 0 spiro atoms. The van der Waals surface area contributed by atoms with Gasteiger partial charge in [0.15, 0.2) is 0 Å². The van der Waals surface area contributed by atoms with Gasteiger partial charge in [-0.2, -0.15) is 0 Å². The van der Waals surface area contributed by atoms with Crippen molar-refractivity contribution in [1.29, 1.82) is 0 Å². The number of anilines is 2. The second-order valence-electron chi connectivity index (χ2n) is 7.31. The summed E-state index contributed by atoms with van der Waals surface area (Å²) in [6, 6.07) is 18.5. The highest BCUT2D eigenvalue weighted by Gasteiger charge is 2.17. The lowest BCUT2D eigenvalue weighted by molar-refractivity contribution is 0.102. The van der Waals surface area contributed by atoms with Gasteiger partial charge in [0.05, 0.1) is 21.2 Å². The molecule has 0 aliphatic carbocycles. The Labute approximate surface area is 182 Å². The maximum Gasteiger partial charge on any atom is 0.261 e. The summed E-state index contributed by atoms with van der Waals surface area (Å²) >= 11 is 6.29. The summed E-state index contributed by atoms with van der Waals surface area (Å²) in [5.41, 5.74) is 3.24. The van der Waals surface area contributed by atoms with Crippen molar-refractivity contribution in [3.63, 3.8) is 0 Å². The molecule has 5 nitrogen and oxygen atoms in total. The molecular formula is C23H23ClN2O3S. The lowest BCUT2D eigenvalue weighted by Crippen LogP contribution is -2.15. The van der Waals surface area contributed by atoms with Crippen LogP contribution in [0.3, 0.4) is 0 Å². The number of rotatable bonds is 6. The number of hydrogen-bond acceptors (Lipinski definition) is 3. The number of amides is 1. The highest BCUT2D eigenvalue weighted by Crippen LogP contribution is 2.27. The quantitative estimate of drug-likeness (QED) is 0.504. The van der Waals surface area contributed by atoms with E-state index in [0.717, 1.165) is 16.8 Å². The van der Waals surface area contributed by atoms with Gasteiger partial charge >= 0.3 is 0 Å². The molecule has 0 heterocycles. The number of halogens is 1. The van der Waals surface area contributed by atoms with Crippen molar-refractivity contribution in [2.45, 2.75) is 31.6 Å². The largest absolute Gasteiger partial charge is 0.322 e. The van der Waals surface area contributed by atoms with E-state index >= 15 is 0 Å². The SMILES string of the molecule is Cc1ccc(S(=O)(=O)Nc2ccc(C(=O)Nc3ccccc3C(C)C)c(Cl)c2)cc1. The average Bonchev–Trinajstić information content (AvgIpc) is 2.68. The van der Waals surface area contributed by atoms with Gasteiger partial charge in [-0.05, 0) is 54.8 Å². The van der Waals surface area contributed by atoms with Gasteiger partial charge in [-0.1, -0.05) is 61.3 Å². The zero-order valence-electron chi connectivity index (χ0n) is 16.9. The van der Waals surface area contributed by atoms with Gasteiger partial charge in [-0.3, -0.25) is 9.52 Å². The first-order valence-corrected chi connectivity index (χ1v) is 11.3. The van der Waals surface area contributed by atoms with Crippen molar-refractivity contribution in [2.24, 2.45) is 0 Å². The standard InChI is InChI=1S/C23H23ClN2O3S/c1-15(2)19-6-4-5-7-22(19)25-23(27)20-13-10-17(14-21(20)24)26-30(28,29)18-11-8-16(3)9-12-18/h4-15,26H,1-3H3,(H,25,27). The zero-order valence-corrected chi connectivity index (χ0v) is 18.5. The Bertz CT molecular complexity index is 1170. The van der Waals surface area contributed by atoms with Crippen LogP contribution in [0, 0.1) is 6.92 Å². The molecule has 0 aliphatic rings. The monoisotopic (exact) mass is 442 g/mol. The molecule has 0 fully saturated rings. The summed E-state index contributed by atoms with van der Waals surface area (Å²) in [7, 11) is -3.75. The van der Waals surface area contributed by atoms with Crippen LogP contribution >= 0.6 is 11.6 Å². The van der Waals surface area contributed by atoms with Gasteiger partial charge in [0.2, 0.25) is 0 Å². The minimum Gasteiger partial charge on any atom is -0.322 e. The molecule has 0 atom stereocenters. The lowest BCUT2D eigenvalue weighted by Gasteiger charge is -2.14. The van der Waals surface area contributed by atoms with Crippen LogP contribution < -0.4 is 10.0 Å². The molecule has 0 bridgehead atoms. The Hall–Kier alpha value is -2.83. The lowest BCUT2D eigenvalue weighted by atomic mass is 10.0. The molecule has 0 aliphatic heterocycles. The Morgan fingerprint density at radius 2 is 1.63 bits per heavy atom. The van der Waals surface area contributed by atoms with E-state index in [-0.39, 0.29) is 33.0 Å². The van der Waals surface area contributed by atoms with Crippen LogP contribution in [0.2, 0.25) is 5.02 Å². The van der Waals surface area contributed by atoms with E-state index in [1.165, 1.54) is 30.3 Å². The number of aryl methyl sites for hydroxylation is 1. The molecule has 30 heavy (non-hydrogen) atoms. The van der Waals surface area contributed by atoms with Crippen LogP contribution in [0.15, 0.2) is 71.6 Å². The fourth-order valence-corrected chi connectivity index (χ4v) is 4.31. The summed E-state index contributed by atoms with van der Waals surface area (Å²) in [4.78, 5) is 12.9. The highest BCUT2D eigenvalue weighted by atomic mass is 35.5. The summed E-state index contributed by atoms with van der Waals surface area (Å²) in [6.45, 7) is 5.98. The Balaban J connectivity index is 1.80. The van der Waals surface area contributed by atoms with Gasteiger partial charge in [0, 0.05) is 5.69 Å². The van der Waals surface area contributed by atoms with Crippen molar-refractivity contribution in [3.8, 4) is 0 Å². The number of hydrogen-bond donors (Lipinski definition) is 2. The van der Waals surface area contributed by atoms with E-state index in [9.17, 15) is 13.2 Å². The van der Waals surface area contributed by atoms with Crippen LogP contribution in [0.4, 0.5) is 11.4 Å². The van der Waals surface area contributed by atoms with E-state index in [1.807, 2.05) is 45.0 Å². The normalized spacial score (nSPS) is 11.4. The Morgan fingerprint density at radius 3 is 2.27 bits per heavy atom. The molecule has 0 aromatic heterocycles. The number of nitrogens with one attached hydrogen (secondary N) is 2. The summed E-state index contributed by atoms with van der Waals surface area (Å²) < 4.78 is 27.6. The minimum absolute atomic E-state index is 0.149. The molecule has 0 saturated heterocycles. The molecule has 1 amide bonds. The van der Waals surface area contributed by atoms with Crippen molar-refractivity contribution >= 4 is 38.9 Å². The van der Waals surface area contributed by atoms with Crippen LogP contribution in [0.5, 0.6) is 0 Å². The average molecular weight is 443 g/mol. The first kappa shape index (κ1) is 21.9. The molecular weight excluding hydrogens is 420 g/mol.